The van der Waals surface area contributed by atoms with Crippen molar-refractivity contribution in [2.75, 3.05) is 13.2 Å². The number of halogens is 4. The molecule has 0 bridgehead atoms. The molecule has 0 saturated heterocycles. The maximum absolute atomic E-state index is 11.1. The predicted octanol–water partition coefficient (Wildman–Crippen LogP) is 13.4. The molecule has 4 aromatic carbocycles. The van der Waals surface area contributed by atoms with Crippen LogP contribution in [0.2, 0.25) is 20.1 Å². The summed E-state index contributed by atoms with van der Waals surface area (Å²) >= 11 is 25.3. The largest absolute Gasteiger partial charge is 0.492 e. The third-order valence-electron chi connectivity index (χ3n) is 6.40. The molecule has 0 heterocycles. The second-order valence-electron chi connectivity index (χ2n) is 9.73. The highest BCUT2D eigenvalue weighted by Gasteiger charge is 2.12. The molecule has 9 nitrogen and oxygen atoms in total. The lowest BCUT2D eigenvalue weighted by atomic mass is 10.2. The van der Waals surface area contributed by atoms with Gasteiger partial charge in [0.05, 0.1) is 51.0 Å². The Morgan fingerprint density at radius 1 is 0.660 bits per heavy atom. The molecule has 0 aliphatic carbocycles. The normalized spacial score (nSPS) is 11.4. The van der Waals surface area contributed by atoms with Gasteiger partial charge in [-0.05, 0) is 91.6 Å². The molecule has 0 amide bonds. The summed E-state index contributed by atoms with van der Waals surface area (Å²) in [5, 5.41) is 26.8. The number of hydrogen-bond acceptors (Lipinski definition) is 9. The number of carbonyl (C=O) groups excluding carboxylic acids is 1. The van der Waals surface area contributed by atoms with Crippen molar-refractivity contribution in [2.45, 2.75) is 19.8 Å². The van der Waals surface area contributed by atoms with Gasteiger partial charge in [-0.1, -0.05) is 71.7 Å². The Morgan fingerprint density at radius 3 is 1.81 bits per heavy atom. The van der Waals surface area contributed by atoms with Crippen molar-refractivity contribution in [1.82, 2.24) is 0 Å². The first kappa shape index (κ1) is 35.4. The van der Waals surface area contributed by atoms with E-state index in [9.17, 15) is 4.79 Å². The quantitative estimate of drug-likeness (QED) is 0.0562. The first-order valence-corrected chi connectivity index (χ1v) is 15.7. The molecule has 0 aromatic heterocycles. The Kier molecular flexibility index (Phi) is 13.2. The van der Waals surface area contributed by atoms with Crippen LogP contribution in [-0.2, 0) is 9.53 Å². The van der Waals surface area contributed by atoms with Crippen molar-refractivity contribution >= 4 is 92.6 Å². The summed E-state index contributed by atoms with van der Waals surface area (Å²) in [5.74, 6) is -0.0278. The van der Waals surface area contributed by atoms with Gasteiger partial charge in [-0.3, -0.25) is 0 Å². The monoisotopic (exact) mass is 708 g/mol. The van der Waals surface area contributed by atoms with Crippen molar-refractivity contribution in [3.63, 3.8) is 0 Å². The molecule has 0 N–H and O–H groups in total. The maximum atomic E-state index is 11.1. The second-order valence-corrected chi connectivity index (χ2v) is 11.2. The zero-order chi connectivity index (χ0) is 33.8. The minimum absolute atomic E-state index is 0.220. The molecular formula is C34H28Cl4N6O3. The number of rotatable bonds is 14. The van der Waals surface area contributed by atoms with Gasteiger partial charge in [-0.2, -0.15) is 20.5 Å². The molecule has 240 valence electrons. The molecule has 13 heteroatoms. The van der Waals surface area contributed by atoms with Crippen LogP contribution in [0.3, 0.4) is 0 Å². The highest BCUT2D eigenvalue weighted by molar-refractivity contribution is 6.45. The van der Waals surface area contributed by atoms with Gasteiger partial charge in [-0.15, -0.1) is 10.2 Å². The van der Waals surface area contributed by atoms with Crippen LogP contribution < -0.4 is 4.74 Å². The van der Waals surface area contributed by atoms with Crippen LogP contribution in [-0.4, -0.2) is 19.2 Å². The highest BCUT2D eigenvalue weighted by Crippen LogP contribution is 2.40. The Bertz CT molecular complexity index is 1860. The second kappa shape index (κ2) is 17.5. The van der Waals surface area contributed by atoms with Gasteiger partial charge < -0.3 is 9.47 Å². The van der Waals surface area contributed by atoms with E-state index in [1.807, 2.05) is 13.0 Å². The highest BCUT2D eigenvalue weighted by atomic mass is 35.5. The lowest BCUT2D eigenvalue weighted by Crippen LogP contribution is -2.04. The molecule has 0 aliphatic heterocycles. The SMILES string of the molecule is C=CC(=O)OCCCCOc1ccc(N=Nc2ccc(N=Nc3ccc(N=Nc4ccc(C=C)c(Cl)c4Cl)cc3)c(C)c2)c(Cl)c1Cl. The third kappa shape index (κ3) is 10.0. The molecule has 4 aromatic rings. The number of esters is 1. The van der Waals surface area contributed by atoms with E-state index < -0.39 is 5.97 Å². The fourth-order valence-electron chi connectivity index (χ4n) is 3.85. The Hall–Kier alpha value is -4.41. The number of hydrogen-bond donors (Lipinski definition) is 0. The predicted molar refractivity (Wildman–Crippen MR) is 189 cm³/mol. The van der Waals surface area contributed by atoms with Crippen molar-refractivity contribution in [1.29, 1.82) is 0 Å². The summed E-state index contributed by atoms with van der Waals surface area (Å²) in [7, 11) is 0. The third-order valence-corrected chi connectivity index (χ3v) is 8.14. The standard InChI is InChI=1S/C34H28Cl4N6O3/c1-4-22-8-14-27(32(36)31(22)35)43-40-24-11-9-23(10-12-24)39-42-26-15-13-25(20-21(26)3)41-44-28-16-17-29(34(38)33(28)37)46-18-6-7-19-47-30(45)5-2/h4-5,8-17,20H,1-2,6-7,18-19H2,3H3. The summed E-state index contributed by atoms with van der Waals surface area (Å²) in [6.45, 7) is 9.62. The van der Waals surface area contributed by atoms with Gasteiger partial charge in [0.1, 0.15) is 22.1 Å². The maximum Gasteiger partial charge on any atom is 0.330 e. The fourth-order valence-corrected chi connectivity index (χ4v) is 4.71. The van der Waals surface area contributed by atoms with E-state index in [1.54, 1.807) is 66.7 Å². The van der Waals surface area contributed by atoms with E-state index in [4.69, 9.17) is 55.9 Å². The Balaban J connectivity index is 1.33. The molecule has 47 heavy (non-hydrogen) atoms. The number of benzene rings is 4. The van der Waals surface area contributed by atoms with E-state index in [0.29, 0.717) is 69.4 Å². The van der Waals surface area contributed by atoms with Gasteiger partial charge in [0.2, 0.25) is 0 Å². The lowest BCUT2D eigenvalue weighted by Gasteiger charge is -2.10. The molecule has 0 aliphatic rings. The average molecular weight is 710 g/mol. The van der Waals surface area contributed by atoms with Crippen molar-refractivity contribution in [2.24, 2.45) is 30.7 Å². The van der Waals surface area contributed by atoms with E-state index in [1.165, 1.54) is 0 Å². The van der Waals surface area contributed by atoms with Gasteiger partial charge in [0, 0.05) is 6.08 Å². The fraction of sp³-hybridized carbons (Fsp3) is 0.147. The number of carbonyl (C=O) groups is 1. The number of nitrogens with zero attached hydrogens (tertiary/aromatic N) is 6. The molecule has 0 saturated carbocycles. The summed E-state index contributed by atoms with van der Waals surface area (Å²) in [6, 6.07) is 19.3. The van der Waals surface area contributed by atoms with Crippen molar-refractivity contribution < 1.29 is 14.3 Å². The zero-order valence-electron chi connectivity index (χ0n) is 25.2. The molecule has 0 atom stereocenters. The molecule has 4 rings (SSSR count). The summed E-state index contributed by atoms with van der Waals surface area (Å²) in [6.07, 6.45) is 4.04. The molecule has 0 unspecified atom stereocenters. The van der Waals surface area contributed by atoms with Crippen LogP contribution in [0.25, 0.3) is 6.08 Å². The first-order chi connectivity index (χ1) is 22.7. The van der Waals surface area contributed by atoms with Gasteiger partial charge in [0.25, 0.3) is 0 Å². The Morgan fingerprint density at radius 2 is 1.19 bits per heavy atom. The van der Waals surface area contributed by atoms with Crippen LogP contribution >= 0.6 is 46.4 Å². The summed E-state index contributed by atoms with van der Waals surface area (Å²) in [5.41, 5.74) is 4.93. The van der Waals surface area contributed by atoms with Crippen LogP contribution in [0.4, 0.5) is 34.1 Å². The molecule has 0 fully saturated rings. The van der Waals surface area contributed by atoms with Crippen LogP contribution in [0.5, 0.6) is 5.75 Å². The molecule has 0 spiro atoms. The topological polar surface area (TPSA) is 110 Å². The van der Waals surface area contributed by atoms with Gasteiger partial charge in [-0.25, -0.2) is 4.79 Å². The van der Waals surface area contributed by atoms with Crippen LogP contribution in [0, 0.1) is 6.92 Å². The number of unbranched alkanes of at least 4 members (excludes halogenated alkanes) is 1. The minimum atomic E-state index is -0.452. The lowest BCUT2D eigenvalue weighted by molar-refractivity contribution is -0.137. The van der Waals surface area contributed by atoms with Crippen LogP contribution in [0.1, 0.15) is 24.0 Å². The number of azo groups is 3. The van der Waals surface area contributed by atoms with Gasteiger partial charge >= 0.3 is 5.97 Å². The zero-order valence-corrected chi connectivity index (χ0v) is 28.2. The minimum Gasteiger partial charge on any atom is -0.492 e. The molecule has 0 radical (unpaired) electrons. The van der Waals surface area contributed by atoms with E-state index in [0.717, 1.165) is 17.2 Å². The summed E-state index contributed by atoms with van der Waals surface area (Å²) in [4.78, 5) is 11.1. The Labute approximate surface area is 292 Å². The average Bonchev–Trinajstić information content (AvgIpc) is 3.08. The van der Waals surface area contributed by atoms with E-state index in [-0.39, 0.29) is 16.7 Å². The van der Waals surface area contributed by atoms with Crippen LogP contribution in [0.15, 0.2) is 117 Å². The smallest absolute Gasteiger partial charge is 0.330 e. The first-order valence-electron chi connectivity index (χ1n) is 14.2. The van der Waals surface area contributed by atoms with Crippen molar-refractivity contribution in [3.8, 4) is 5.75 Å². The van der Waals surface area contributed by atoms with E-state index >= 15 is 0 Å². The van der Waals surface area contributed by atoms with Gasteiger partial charge in [0.15, 0.2) is 0 Å². The number of ether oxygens (including phenoxy) is 2. The molecular weight excluding hydrogens is 682 g/mol. The van der Waals surface area contributed by atoms with Crippen molar-refractivity contribution in [3.05, 3.63) is 117 Å². The summed E-state index contributed by atoms with van der Waals surface area (Å²) < 4.78 is 10.6. The number of aryl methyl sites for hydroxylation is 1. The van der Waals surface area contributed by atoms with E-state index in [2.05, 4.69) is 43.8 Å².